The molecule has 0 unspecified atom stereocenters. The van der Waals surface area contributed by atoms with Crippen molar-refractivity contribution in [1.82, 2.24) is 24.9 Å². The van der Waals surface area contributed by atoms with E-state index in [1.54, 1.807) is 73.6 Å². The van der Waals surface area contributed by atoms with Gasteiger partial charge in [-0.3, -0.25) is 24.6 Å². The average molecular weight is 830 g/mol. The Kier molecular flexibility index (Phi) is 12.9. The van der Waals surface area contributed by atoms with Gasteiger partial charge in [-0.2, -0.15) is 18.9 Å². The number of esters is 1. The van der Waals surface area contributed by atoms with Crippen molar-refractivity contribution >= 4 is 47.8 Å². The first-order valence-electron chi connectivity index (χ1n) is 19.1. The Labute approximate surface area is 346 Å². The summed E-state index contributed by atoms with van der Waals surface area (Å²) in [7, 11) is 3.41. The van der Waals surface area contributed by atoms with Gasteiger partial charge < -0.3 is 14.4 Å². The van der Waals surface area contributed by atoms with Gasteiger partial charge in [0.1, 0.15) is 13.2 Å². The third kappa shape index (κ3) is 10.6. The Morgan fingerprint density at radius 2 is 1.75 bits per heavy atom. The van der Waals surface area contributed by atoms with Gasteiger partial charge in [-0.05, 0) is 65.0 Å². The smallest absolute Gasteiger partial charge is 0.414 e. The van der Waals surface area contributed by atoms with Gasteiger partial charge in [-0.15, -0.1) is 0 Å². The molecular formula is C43H46ClF2N7O6. The van der Waals surface area contributed by atoms with Crippen LogP contribution in [0.5, 0.6) is 0 Å². The third-order valence-electron chi connectivity index (χ3n) is 9.69. The molecule has 0 radical (unpaired) electrons. The Morgan fingerprint density at radius 1 is 1.03 bits per heavy atom. The van der Waals surface area contributed by atoms with E-state index in [1.807, 2.05) is 26.8 Å². The normalized spacial score (nSPS) is 17.3. The lowest BCUT2D eigenvalue weighted by Gasteiger charge is -2.35. The van der Waals surface area contributed by atoms with E-state index in [-0.39, 0.29) is 48.5 Å². The van der Waals surface area contributed by atoms with E-state index in [0.717, 1.165) is 18.4 Å². The number of amides is 3. The highest BCUT2D eigenvalue weighted by molar-refractivity contribution is 6.34. The van der Waals surface area contributed by atoms with Gasteiger partial charge in [0, 0.05) is 32.3 Å². The number of hydrogen-bond donors (Lipinski definition) is 1. The topological polar surface area (TPSA) is 148 Å². The maximum Gasteiger partial charge on any atom is 0.414 e. The molecule has 16 heteroatoms. The number of guanidine groups is 1. The highest BCUT2D eigenvalue weighted by atomic mass is 35.5. The Balaban J connectivity index is 1.46. The maximum absolute atomic E-state index is 15.5. The first-order valence-corrected chi connectivity index (χ1v) is 19.5. The number of aromatic nitrogens is 2. The highest BCUT2D eigenvalue weighted by Crippen LogP contribution is 2.46. The Morgan fingerprint density at radius 3 is 2.37 bits per heavy atom. The van der Waals surface area contributed by atoms with Crippen LogP contribution in [0.15, 0.2) is 95.2 Å². The second kappa shape index (κ2) is 17.9. The molecule has 2 atom stereocenters. The molecule has 2 aliphatic rings. The zero-order valence-electron chi connectivity index (χ0n) is 33.4. The van der Waals surface area contributed by atoms with Crippen molar-refractivity contribution in [3.8, 4) is 11.1 Å². The minimum Gasteiger partial charge on any atom is -0.463 e. The van der Waals surface area contributed by atoms with Crippen LogP contribution in [-0.2, 0) is 31.2 Å². The average Bonchev–Trinajstić information content (AvgIpc) is 3.78. The number of rotatable bonds is 14. The van der Waals surface area contributed by atoms with Crippen LogP contribution in [-0.4, -0.2) is 76.5 Å². The van der Waals surface area contributed by atoms with E-state index in [2.05, 4.69) is 15.4 Å². The van der Waals surface area contributed by atoms with Crippen molar-refractivity contribution < 1.29 is 37.4 Å². The summed E-state index contributed by atoms with van der Waals surface area (Å²) in [4.78, 5) is 67.4. The van der Waals surface area contributed by atoms with Crippen molar-refractivity contribution in [1.29, 1.82) is 0 Å². The summed E-state index contributed by atoms with van der Waals surface area (Å²) >= 11 is 6.53. The standard InChI is InChI=1S/C43H46ClF2N7O6/c1-42(2,3)25-43(32-16-13-29(14-17-32)31-21-48-52(22-31)39(45)46)38(56)53(40(50-43)49-41(57)59-23-28-9-7-6-8-10-28)35(24-58-36(54)19-27-11-12-27)30-15-18-34(44)33(20-30)37(55)47-26-51(4)5/h6-10,13-18,20-22,26-27,35,39H,11-12,19,23-25H2,1-5H3,(H,49,50,57)/t35-,43-/m1/s1. The van der Waals surface area contributed by atoms with Crippen molar-refractivity contribution in [3.05, 3.63) is 112 Å². The van der Waals surface area contributed by atoms with Gasteiger partial charge >= 0.3 is 18.6 Å². The van der Waals surface area contributed by atoms with E-state index in [1.165, 1.54) is 35.8 Å². The van der Waals surface area contributed by atoms with E-state index >= 15 is 4.79 Å². The number of hydrogen-bond acceptors (Lipinski definition) is 8. The molecule has 1 saturated carbocycles. The van der Waals surface area contributed by atoms with Gasteiger partial charge in [-0.1, -0.05) is 93.0 Å². The summed E-state index contributed by atoms with van der Waals surface area (Å²) in [6.07, 6.45) is 5.13. The molecule has 0 saturated heterocycles. The summed E-state index contributed by atoms with van der Waals surface area (Å²) in [5.41, 5.74) is 0.336. The molecule has 1 fully saturated rings. The van der Waals surface area contributed by atoms with Crippen molar-refractivity contribution in [2.75, 3.05) is 20.7 Å². The number of ether oxygens (including phenoxy) is 2. The maximum atomic E-state index is 15.5. The van der Waals surface area contributed by atoms with Crippen LogP contribution in [0.4, 0.5) is 13.6 Å². The van der Waals surface area contributed by atoms with E-state index in [9.17, 15) is 23.2 Å². The molecule has 1 aliphatic heterocycles. The van der Waals surface area contributed by atoms with Crippen LogP contribution in [0.1, 0.15) is 86.1 Å². The number of aliphatic imine (C=N–C) groups is 2. The van der Waals surface area contributed by atoms with Gasteiger partial charge in [0.15, 0.2) is 5.54 Å². The number of carbonyl (C=O) groups is 4. The van der Waals surface area contributed by atoms with Crippen LogP contribution >= 0.6 is 11.6 Å². The molecule has 0 bridgehead atoms. The number of alkyl halides is 2. The summed E-state index contributed by atoms with van der Waals surface area (Å²) in [5, 5.41) is 6.55. The quantitative estimate of drug-likeness (QED) is 0.0761. The van der Waals surface area contributed by atoms with Gasteiger partial charge in [0.2, 0.25) is 5.96 Å². The second-order valence-electron chi connectivity index (χ2n) is 16.1. The molecule has 1 aliphatic carbocycles. The first-order chi connectivity index (χ1) is 28.0. The van der Waals surface area contributed by atoms with E-state index in [4.69, 9.17) is 26.1 Å². The monoisotopic (exact) mass is 829 g/mol. The second-order valence-corrected chi connectivity index (χ2v) is 16.5. The molecule has 310 valence electrons. The lowest BCUT2D eigenvalue weighted by molar-refractivity contribution is -0.148. The molecule has 3 amide bonds. The molecule has 0 spiro atoms. The van der Waals surface area contributed by atoms with Gasteiger partial charge in [0.05, 0.1) is 29.2 Å². The molecule has 2 heterocycles. The molecule has 3 aromatic carbocycles. The fourth-order valence-corrected chi connectivity index (χ4v) is 6.97. The largest absolute Gasteiger partial charge is 0.463 e. The summed E-state index contributed by atoms with van der Waals surface area (Å²) in [5.74, 6) is -1.66. The van der Waals surface area contributed by atoms with Gasteiger partial charge in [0.25, 0.3) is 11.8 Å². The molecule has 6 rings (SSSR count). The van der Waals surface area contributed by atoms with Gasteiger partial charge in [-0.25, -0.2) is 14.5 Å². The molecule has 1 N–H and O–H groups in total. The number of alkyl carbamates (subject to hydrolysis) is 1. The van der Waals surface area contributed by atoms with Crippen molar-refractivity contribution in [3.63, 3.8) is 0 Å². The number of halogens is 3. The Bertz CT molecular complexity index is 2240. The highest BCUT2D eigenvalue weighted by Gasteiger charge is 2.54. The van der Waals surface area contributed by atoms with Crippen LogP contribution in [0, 0.1) is 11.3 Å². The molecule has 4 aromatic rings. The number of benzene rings is 3. The summed E-state index contributed by atoms with van der Waals surface area (Å²) in [6.45, 7) is 2.56. The first kappa shape index (κ1) is 42.6. The van der Waals surface area contributed by atoms with Crippen LogP contribution in [0.3, 0.4) is 0 Å². The van der Waals surface area contributed by atoms with Crippen LogP contribution in [0.25, 0.3) is 11.1 Å². The zero-order valence-corrected chi connectivity index (χ0v) is 34.2. The minimum atomic E-state index is -2.82. The van der Waals surface area contributed by atoms with Crippen LogP contribution in [0.2, 0.25) is 5.02 Å². The SMILES string of the molecule is CN(C)C=NC(=O)c1cc([C@@H](COC(=O)CC2CC2)N2C(=O)[C@@](CC(C)(C)C)(c3ccc(-c4cnn(C(F)F)c4)cc3)N=C2NC(=O)OCc2ccccc2)ccc1Cl. The number of nitrogens with one attached hydrogen (secondary N) is 1. The minimum absolute atomic E-state index is 0.0312. The van der Waals surface area contributed by atoms with E-state index < -0.39 is 47.4 Å². The number of carbonyl (C=O) groups excluding carboxylic acids is 4. The summed E-state index contributed by atoms with van der Waals surface area (Å²) < 4.78 is 38.7. The number of nitrogens with zero attached hydrogens (tertiary/aromatic N) is 6. The van der Waals surface area contributed by atoms with Crippen molar-refractivity contribution in [2.45, 2.75) is 71.2 Å². The fraction of sp³-hybridized carbons (Fsp3) is 0.372. The fourth-order valence-electron chi connectivity index (χ4n) is 6.77. The lowest BCUT2D eigenvalue weighted by atomic mass is 9.75. The van der Waals surface area contributed by atoms with Crippen LogP contribution < -0.4 is 5.32 Å². The summed E-state index contributed by atoms with van der Waals surface area (Å²) in [6, 6.07) is 19.2. The van der Waals surface area contributed by atoms with Crippen molar-refractivity contribution in [2.24, 2.45) is 21.3 Å². The molecular weight excluding hydrogens is 784 g/mol. The predicted octanol–water partition coefficient (Wildman–Crippen LogP) is 8.17. The van der Waals surface area contributed by atoms with E-state index in [0.29, 0.717) is 26.9 Å². The molecule has 13 nitrogen and oxygen atoms in total. The zero-order chi connectivity index (χ0) is 42.5. The predicted molar refractivity (Wildman–Crippen MR) is 218 cm³/mol. The Hall–Kier alpha value is -5.96. The molecule has 1 aromatic heterocycles. The third-order valence-corrected chi connectivity index (χ3v) is 10.0. The molecule has 59 heavy (non-hydrogen) atoms. The lowest BCUT2D eigenvalue weighted by Crippen LogP contribution is -2.49.